The van der Waals surface area contributed by atoms with Crippen molar-refractivity contribution in [3.8, 4) is 16.9 Å². The standard InChI is InChI=1S/C21H21NO3S/c1-4-25-16-7-5-6-14(12-16)15-8-9-18-17(13-15)19(10-11-22-18)26-21(2,3)20(23)24/h5-13H,4H2,1-3H3,(H,23,24). The molecule has 26 heavy (non-hydrogen) atoms. The zero-order chi connectivity index (χ0) is 18.7. The summed E-state index contributed by atoms with van der Waals surface area (Å²) in [6, 6.07) is 15.9. The molecule has 0 atom stereocenters. The summed E-state index contributed by atoms with van der Waals surface area (Å²) >= 11 is 1.33. The molecule has 1 N–H and O–H groups in total. The average molecular weight is 367 g/mol. The molecule has 0 spiro atoms. The molecule has 4 nitrogen and oxygen atoms in total. The summed E-state index contributed by atoms with van der Waals surface area (Å²) in [6.07, 6.45) is 1.72. The second kappa shape index (κ2) is 7.38. The summed E-state index contributed by atoms with van der Waals surface area (Å²) in [5, 5.41) is 10.4. The average Bonchev–Trinajstić information content (AvgIpc) is 2.62. The number of hydrogen-bond acceptors (Lipinski definition) is 4. The van der Waals surface area contributed by atoms with E-state index >= 15 is 0 Å². The van der Waals surface area contributed by atoms with Gasteiger partial charge in [0.15, 0.2) is 0 Å². The third kappa shape index (κ3) is 3.83. The number of rotatable bonds is 6. The van der Waals surface area contributed by atoms with Gasteiger partial charge < -0.3 is 9.84 Å². The number of fused-ring (bicyclic) bond motifs is 1. The van der Waals surface area contributed by atoms with Gasteiger partial charge in [0.05, 0.1) is 12.1 Å². The van der Waals surface area contributed by atoms with E-state index in [1.54, 1.807) is 20.0 Å². The first-order valence-electron chi connectivity index (χ1n) is 8.45. The van der Waals surface area contributed by atoms with Gasteiger partial charge in [-0.2, -0.15) is 0 Å². The van der Waals surface area contributed by atoms with Crippen LogP contribution in [0.4, 0.5) is 0 Å². The maximum atomic E-state index is 11.5. The lowest BCUT2D eigenvalue weighted by molar-refractivity contribution is -0.138. The predicted molar refractivity (Wildman–Crippen MR) is 106 cm³/mol. The molecule has 0 aliphatic carbocycles. The monoisotopic (exact) mass is 367 g/mol. The van der Waals surface area contributed by atoms with Gasteiger partial charge in [0.25, 0.3) is 0 Å². The van der Waals surface area contributed by atoms with Crippen LogP contribution in [0.2, 0.25) is 0 Å². The molecule has 0 saturated heterocycles. The molecule has 0 radical (unpaired) electrons. The van der Waals surface area contributed by atoms with E-state index in [1.807, 2.05) is 49.4 Å². The Morgan fingerprint density at radius 1 is 1.15 bits per heavy atom. The molecule has 1 heterocycles. The maximum Gasteiger partial charge on any atom is 0.319 e. The molecule has 0 bridgehead atoms. The number of benzene rings is 2. The zero-order valence-electron chi connectivity index (χ0n) is 15.0. The summed E-state index contributed by atoms with van der Waals surface area (Å²) in [7, 11) is 0. The summed E-state index contributed by atoms with van der Waals surface area (Å²) in [5.74, 6) is -0.00840. The van der Waals surface area contributed by atoms with Crippen molar-refractivity contribution in [2.75, 3.05) is 6.61 Å². The van der Waals surface area contributed by atoms with Gasteiger partial charge in [-0.15, -0.1) is 11.8 Å². The van der Waals surface area contributed by atoms with Crippen LogP contribution in [0, 0.1) is 0 Å². The Hall–Kier alpha value is -2.53. The van der Waals surface area contributed by atoms with Crippen LogP contribution in [0.1, 0.15) is 20.8 Å². The van der Waals surface area contributed by atoms with Gasteiger partial charge in [-0.3, -0.25) is 9.78 Å². The second-order valence-corrected chi connectivity index (χ2v) is 8.08. The Bertz CT molecular complexity index is 953. The number of carboxylic acid groups (broad SMARTS) is 1. The number of ether oxygens (including phenoxy) is 1. The lowest BCUT2D eigenvalue weighted by Gasteiger charge is -2.19. The molecule has 0 aliphatic heterocycles. The van der Waals surface area contributed by atoms with E-state index < -0.39 is 10.7 Å². The quantitative estimate of drug-likeness (QED) is 0.603. The fraction of sp³-hybridized carbons (Fsp3) is 0.238. The molecule has 2 aromatic carbocycles. The molecule has 1 aromatic heterocycles. The molecule has 0 aliphatic rings. The highest BCUT2D eigenvalue weighted by atomic mass is 32.2. The molecular formula is C21H21NO3S. The van der Waals surface area contributed by atoms with E-state index in [0.29, 0.717) is 6.61 Å². The van der Waals surface area contributed by atoms with Crippen molar-refractivity contribution in [2.24, 2.45) is 0 Å². The maximum absolute atomic E-state index is 11.5. The molecule has 3 rings (SSSR count). The first-order valence-corrected chi connectivity index (χ1v) is 9.27. The van der Waals surface area contributed by atoms with Crippen LogP contribution in [0.3, 0.4) is 0 Å². The van der Waals surface area contributed by atoms with Gasteiger partial charge in [-0.1, -0.05) is 18.2 Å². The Kier molecular flexibility index (Phi) is 5.18. The summed E-state index contributed by atoms with van der Waals surface area (Å²) < 4.78 is 4.67. The van der Waals surface area contributed by atoms with Gasteiger partial charge in [-0.05, 0) is 62.2 Å². The summed E-state index contributed by atoms with van der Waals surface area (Å²) in [6.45, 7) is 6.00. The normalized spacial score (nSPS) is 11.5. The third-order valence-electron chi connectivity index (χ3n) is 4.06. The number of pyridine rings is 1. The largest absolute Gasteiger partial charge is 0.494 e. The van der Waals surface area contributed by atoms with E-state index in [9.17, 15) is 9.90 Å². The fourth-order valence-electron chi connectivity index (χ4n) is 2.64. The van der Waals surface area contributed by atoms with Crippen LogP contribution >= 0.6 is 11.8 Å². The highest BCUT2D eigenvalue weighted by Gasteiger charge is 2.29. The summed E-state index contributed by atoms with van der Waals surface area (Å²) in [4.78, 5) is 16.8. The van der Waals surface area contributed by atoms with Crippen molar-refractivity contribution in [3.63, 3.8) is 0 Å². The first-order chi connectivity index (χ1) is 12.4. The van der Waals surface area contributed by atoms with Gasteiger partial charge in [-0.25, -0.2) is 0 Å². The first kappa shape index (κ1) is 18.3. The predicted octanol–water partition coefficient (Wildman–Crippen LogP) is 5.26. The van der Waals surface area contributed by atoms with Crippen molar-refractivity contribution in [1.29, 1.82) is 0 Å². The molecule has 0 saturated carbocycles. The minimum atomic E-state index is -0.917. The molecule has 0 unspecified atom stereocenters. The SMILES string of the molecule is CCOc1cccc(-c2ccc3nccc(SC(C)(C)C(=O)O)c3c2)c1. The van der Waals surface area contributed by atoms with E-state index in [4.69, 9.17) is 4.74 Å². The highest BCUT2D eigenvalue weighted by molar-refractivity contribution is 8.01. The van der Waals surface area contributed by atoms with Crippen LogP contribution in [-0.4, -0.2) is 27.4 Å². The number of aliphatic carboxylic acids is 1. The molecule has 134 valence electrons. The van der Waals surface area contributed by atoms with Crippen molar-refractivity contribution in [2.45, 2.75) is 30.4 Å². The lowest BCUT2D eigenvalue weighted by atomic mass is 10.0. The van der Waals surface area contributed by atoms with E-state index in [2.05, 4.69) is 11.1 Å². The van der Waals surface area contributed by atoms with Crippen LogP contribution in [-0.2, 0) is 4.79 Å². The Morgan fingerprint density at radius 3 is 2.65 bits per heavy atom. The number of thioether (sulfide) groups is 1. The van der Waals surface area contributed by atoms with Crippen LogP contribution in [0.15, 0.2) is 59.6 Å². The van der Waals surface area contributed by atoms with E-state index in [-0.39, 0.29) is 0 Å². The van der Waals surface area contributed by atoms with E-state index in [1.165, 1.54) is 11.8 Å². The second-order valence-electron chi connectivity index (χ2n) is 6.42. The minimum Gasteiger partial charge on any atom is -0.494 e. The van der Waals surface area contributed by atoms with Crippen LogP contribution in [0.5, 0.6) is 5.75 Å². The lowest BCUT2D eigenvalue weighted by Crippen LogP contribution is -2.26. The topological polar surface area (TPSA) is 59.4 Å². The summed E-state index contributed by atoms with van der Waals surface area (Å²) in [5.41, 5.74) is 2.94. The molecule has 0 fully saturated rings. The molecule has 5 heteroatoms. The number of carbonyl (C=O) groups is 1. The van der Waals surface area contributed by atoms with Gasteiger partial charge in [0.2, 0.25) is 0 Å². The van der Waals surface area contributed by atoms with E-state index in [0.717, 1.165) is 32.7 Å². The smallest absolute Gasteiger partial charge is 0.319 e. The van der Waals surface area contributed by atoms with Crippen molar-refractivity contribution in [1.82, 2.24) is 4.98 Å². The molecule has 3 aromatic rings. The number of nitrogens with zero attached hydrogens (tertiary/aromatic N) is 1. The Labute approximate surface area is 157 Å². The Morgan fingerprint density at radius 2 is 1.92 bits per heavy atom. The minimum absolute atomic E-state index is 0.621. The van der Waals surface area contributed by atoms with Crippen LogP contribution in [0.25, 0.3) is 22.0 Å². The highest BCUT2D eigenvalue weighted by Crippen LogP contribution is 2.38. The van der Waals surface area contributed by atoms with Crippen molar-refractivity contribution >= 4 is 28.6 Å². The van der Waals surface area contributed by atoms with Crippen molar-refractivity contribution < 1.29 is 14.6 Å². The third-order valence-corrected chi connectivity index (χ3v) is 5.32. The van der Waals surface area contributed by atoms with Crippen LogP contribution < -0.4 is 4.74 Å². The number of aromatic nitrogens is 1. The Balaban J connectivity index is 2.06. The fourth-order valence-corrected chi connectivity index (χ4v) is 3.68. The van der Waals surface area contributed by atoms with Crippen molar-refractivity contribution in [3.05, 3.63) is 54.7 Å². The molecule has 0 amide bonds. The number of hydrogen-bond donors (Lipinski definition) is 1. The van der Waals surface area contributed by atoms with Gasteiger partial charge in [0, 0.05) is 16.5 Å². The number of carboxylic acids is 1. The van der Waals surface area contributed by atoms with Gasteiger partial charge in [0.1, 0.15) is 10.5 Å². The zero-order valence-corrected chi connectivity index (χ0v) is 15.8. The van der Waals surface area contributed by atoms with Gasteiger partial charge >= 0.3 is 5.97 Å². The molecular weight excluding hydrogens is 346 g/mol.